The summed E-state index contributed by atoms with van der Waals surface area (Å²) in [5.74, 6) is -9.20. The summed E-state index contributed by atoms with van der Waals surface area (Å²) in [5, 5.41) is 67.4. The van der Waals surface area contributed by atoms with Gasteiger partial charge in [-0.3, -0.25) is 4.79 Å². The monoisotopic (exact) mass is 672 g/mol. The van der Waals surface area contributed by atoms with Crippen molar-refractivity contribution in [1.29, 1.82) is 0 Å². The number of carboxylic acids is 3. The van der Waals surface area contributed by atoms with Crippen LogP contribution in [0.4, 0.5) is 0 Å². The standard InChI is InChI=1S/C22H38O7.C6H8O7.3Na/c1-2-3-4-5-6-7-8-9-10-11-12-13-14-15-18(24)28-16-17(23)21-19(25)20(26)22(27)29-21;7-3(8)1-6(13,5(11)12)2-4(9)10;;;/h17,21,23,25-26H,2-16H2,1H3;13H,1-2H2,(H,7,8)(H,9,10)(H,11,12);;;/q;;3*+1/p-3/t17-,21+;;;;/m0..../s1. The smallest absolute Gasteiger partial charge is 0.550 e. The average molecular weight is 673 g/mol. The van der Waals surface area contributed by atoms with E-state index >= 15 is 0 Å². The van der Waals surface area contributed by atoms with Crippen LogP contribution in [0.2, 0.25) is 0 Å². The molecule has 0 spiro atoms. The van der Waals surface area contributed by atoms with Crippen LogP contribution in [0.25, 0.3) is 0 Å². The largest absolute Gasteiger partial charge is 1.00 e. The predicted molar refractivity (Wildman–Crippen MR) is 139 cm³/mol. The normalized spacial score (nSPS) is 14.4. The summed E-state index contributed by atoms with van der Waals surface area (Å²) in [5.41, 5.74) is -2.97. The van der Waals surface area contributed by atoms with Crippen molar-refractivity contribution in [2.45, 2.75) is 127 Å². The Hall–Kier alpha value is -0.390. The van der Waals surface area contributed by atoms with Crippen molar-refractivity contribution >= 4 is 29.8 Å². The van der Waals surface area contributed by atoms with Gasteiger partial charge in [0.15, 0.2) is 11.9 Å². The second-order valence-electron chi connectivity index (χ2n) is 10.2. The third kappa shape index (κ3) is 24.4. The van der Waals surface area contributed by atoms with E-state index in [1.54, 1.807) is 0 Å². The number of aliphatic hydroxyl groups excluding tert-OH is 3. The number of hydrogen-bond acceptors (Lipinski definition) is 14. The zero-order chi connectivity index (χ0) is 32.1. The van der Waals surface area contributed by atoms with Crippen LogP contribution in [0.1, 0.15) is 110 Å². The summed E-state index contributed by atoms with van der Waals surface area (Å²) >= 11 is 0. The Bertz CT molecular complexity index is 897. The number of carbonyl (C=O) groups is 5. The quantitative estimate of drug-likeness (QED) is 0.0474. The topological polar surface area (TPSA) is 254 Å². The molecule has 0 aromatic rings. The van der Waals surface area contributed by atoms with Crippen LogP contribution in [0, 0.1) is 0 Å². The first kappa shape index (κ1) is 51.4. The fourth-order valence-corrected chi connectivity index (χ4v) is 4.04. The second kappa shape index (κ2) is 29.7. The number of aliphatic carboxylic acids is 3. The van der Waals surface area contributed by atoms with Crippen molar-refractivity contribution in [2.24, 2.45) is 0 Å². The van der Waals surface area contributed by atoms with Crippen molar-refractivity contribution in [3.8, 4) is 0 Å². The molecule has 17 heteroatoms. The van der Waals surface area contributed by atoms with Gasteiger partial charge in [-0.2, -0.15) is 0 Å². The molecule has 14 nitrogen and oxygen atoms in total. The van der Waals surface area contributed by atoms with Crippen LogP contribution in [0.15, 0.2) is 11.5 Å². The molecule has 4 N–H and O–H groups in total. The van der Waals surface area contributed by atoms with Gasteiger partial charge in [-0.1, -0.05) is 84.0 Å². The van der Waals surface area contributed by atoms with Gasteiger partial charge in [0.2, 0.25) is 5.76 Å². The Morgan fingerprint density at radius 3 is 1.53 bits per heavy atom. The van der Waals surface area contributed by atoms with E-state index < -0.39 is 78.6 Å². The summed E-state index contributed by atoms with van der Waals surface area (Å²) < 4.78 is 9.55. The van der Waals surface area contributed by atoms with Crippen molar-refractivity contribution in [3.63, 3.8) is 0 Å². The van der Waals surface area contributed by atoms with Crippen LogP contribution in [0.3, 0.4) is 0 Å². The van der Waals surface area contributed by atoms with E-state index in [9.17, 15) is 54.6 Å². The molecule has 0 saturated heterocycles. The molecule has 0 bridgehead atoms. The molecule has 1 aliphatic heterocycles. The first-order valence-electron chi connectivity index (χ1n) is 14.2. The summed E-state index contributed by atoms with van der Waals surface area (Å²) in [4.78, 5) is 52.8. The molecule has 1 rings (SSSR count). The zero-order valence-corrected chi connectivity index (χ0v) is 33.0. The molecule has 242 valence electrons. The van der Waals surface area contributed by atoms with Crippen molar-refractivity contribution in [3.05, 3.63) is 11.5 Å². The number of carboxylic acid groups (broad SMARTS) is 3. The summed E-state index contributed by atoms with van der Waals surface area (Å²) in [7, 11) is 0. The Kier molecular flexibility index (Phi) is 34.0. The molecule has 0 aromatic carbocycles. The van der Waals surface area contributed by atoms with Crippen LogP contribution in [-0.2, 0) is 33.4 Å². The third-order valence-corrected chi connectivity index (χ3v) is 6.44. The maximum absolute atomic E-state index is 11.7. The molecule has 0 unspecified atom stereocenters. The molecule has 1 aliphatic rings. The predicted octanol–water partition coefficient (Wildman–Crippen LogP) is -9.62. The van der Waals surface area contributed by atoms with E-state index in [0.717, 1.165) is 19.3 Å². The van der Waals surface area contributed by atoms with Crippen LogP contribution in [0.5, 0.6) is 0 Å². The molecule has 0 amide bonds. The fourth-order valence-electron chi connectivity index (χ4n) is 4.04. The van der Waals surface area contributed by atoms with Gasteiger partial charge in [-0.25, -0.2) is 4.79 Å². The van der Waals surface area contributed by atoms with Gasteiger partial charge in [0.25, 0.3) is 0 Å². The average Bonchev–Trinajstić information content (AvgIpc) is 3.16. The number of hydrogen-bond donors (Lipinski definition) is 4. The number of cyclic esters (lactones) is 1. The summed E-state index contributed by atoms with van der Waals surface area (Å²) in [6.07, 6.45) is 10.7. The molecule has 0 fully saturated rings. The maximum atomic E-state index is 11.7. The maximum Gasteiger partial charge on any atom is 1.00 e. The third-order valence-electron chi connectivity index (χ3n) is 6.44. The Labute approximate surface area is 330 Å². The van der Waals surface area contributed by atoms with E-state index in [1.807, 2.05) is 0 Å². The molecule has 1 heterocycles. The molecular formula is C28H43Na3O14. The van der Waals surface area contributed by atoms with Gasteiger partial charge >= 0.3 is 101 Å². The van der Waals surface area contributed by atoms with Crippen LogP contribution < -0.4 is 104 Å². The van der Waals surface area contributed by atoms with Crippen LogP contribution in [-0.4, -0.2) is 74.7 Å². The molecule has 0 aliphatic carbocycles. The SMILES string of the molecule is CCCCCCCCCCCCCCCC(=O)OC[C@H](O)[C@H]1OC(=O)C(O)=C1O.O=C([O-])CC(O)(CC(=O)[O-])C(=O)[O-].[Na+].[Na+].[Na+]. The molecule has 2 atom stereocenters. The molecule has 0 radical (unpaired) electrons. The second-order valence-corrected chi connectivity index (χ2v) is 10.2. The van der Waals surface area contributed by atoms with E-state index in [1.165, 1.54) is 64.2 Å². The number of esters is 2. The summed E-state index contributed by atoms with van der Waals surface area (Å²) in [6, 6.07) is 0. The van der Waals surface area contributed by atoms with Gasteiger partial charge in [-0.15, -0.1) is 0 Å². The zero-order valence-electron chi connectivity index (χ0n) is 27.0. The number of unbranched alkanes of at least 4 members (excludes halogenated alkanes) is 12. The minimum atomic E-state index is -2.97. The van der Waals surface area contributed by atoms with E-state index in [4.69, 9.17) is 9.84 Å². The Balaban J connectivity index is -0.000000448. The first-order valence-corrected chi connectivity index (χ1v) is 14.2. The molecular weight excluding hydrogens is 629 g/mol. The van der Waals surface area contributed by atoms with Crippen molar-refractivity contribution in [2.75, 3.05) is 6.61 Å². The van der Waals surface area contributed by atoms with Gasteiger partial charge in [0.1, 0.15) is 18.3 Å². The molecule has 0 saturated carbocycles. The minimum Gasteiger partial charge on any atom is -0.550 e. The van der Waals surface area contributed by atoms with Gasteiger partial charge in [0, 0.05) is 31.2 Å². The fraction of sp³-hybridized carbons (Fsp3) is 0.750. The van der Waals surface area contributed by atoms with Crippen molar-refractivity contribution in [1.82, 2.24) is 0 Å². The van der Waals surface area contributed by atoms with Gasteiger partial charge < -0.3 is 59.6 Å². The molecule has 0 aromatic heterocycles. The first-order chi connectivity index (χ1) is 19.7. The van der Waals surface area contributed by atoms with E-state index in [-0.39, 0.29) is 95.1 Å². The van der Waals surface area contributed by atoms with Crippen LogP contribution >= 0.6 is 0 Å². The number of ether oxygens (including phenoxy) is 2. The number of aliphatic hydroxyl groups is 4. The van der Waals surface area contributed by atoms with Gasteiger partial charge in [-0.05, 0) is 6.42 Å². The summed E-state index contributed by atoms with van der Waals surface area (Å²) in [6.45, 7) is 1.83. The van der Waals surface area contributed by atoms with E-state index in [2.05, 4.69) is 11.7 Å². The van der Waals surface area contributed by atoms with Crippen molar-refractivity contribution < 1.29 is 158 Å². The number of rotatable bonds is 22. The number of carbonyl (C=O) groups excluding carboxylic acids is 5. The molecule has 45 heavy (non-hydrogen) atoms. The minimum absolute atomic E-state index is 0. The van der Waals surface area contributed by atoms with Gasteiger partial charge in [0.05, 0.1) is 5.97 Å². The Morgan fingerprint density at radius 2 is 1.20 bits per heavy atom. The van der Waals surface area contributed by atoms with E-state index in [0.29, 0.717) is 0 Å². The Morgan fingerprint density at radius 1 is 0.800 bits per heavy atom.